The van der Waals surface area contributed by atoms with E-state index in [9.17, 15) is 0 Å². The molecule has 2 rings (SSSR count). The van der Waals surface area contributed by atoms with Crippen LogP contribution in [0.25, 0.3) is 0 Å². The summed E-state index contributed by atoms with van der Waals surface area (Å²) >= 11 is 0. The minimum Gasteiger partial charge on any atom is -0.493 e. The number of hydrogen-bond donors (Lipinski definition) is 1. The molecule has 1 aliphatic carbocycles. The fourth-order valence-electron chi connectivity index (χ4n) is 1.67. The zero-order valence-electron chi connectivity index (χ0n) is 9.44. The van der Waals surface area contributed by atoms with Gasteiger partial charge in [0.1, 0.15) is 0 Å². The third kappa shape index (κ3) is 2.46. The molecular weight excluding hydrogens is 206 g/mol. The Morgan fingerprint density at radius 1 is 1.31 bits per heavy atom. The molecule has 0 amide bonds. The molecule has 0 spiro atoms. The van der Waals surface area contributed by atoms with E-state index in [2.05, 4.69) is 4.84 Å². The second-order valence-corrected chi connectivity index (χ2v) is 3.97. The highest BCUT2D eigenvalue weighted by atomic mass is 16.6. The summed E-state index contributed by atoms with van der Waals surface area (Å²) < 4.78 is 11.1. The summed E-state index contributed by atoms with van der Waals surface area (Å²) in [6.45, 7) is 0.380. The molecule has 0 radical (unpaired) electrons. The Morgan fingerprint density at radius 2 is 2.12 bits per heavy atom. The summed E-state index contributed by atoms with van der Waals surface area (Å²) in [5.41, 5.74) is 0.984. The zero-order valence-corrected chi connectivity index (χ0v) is 9.44. The monoisotopic (exact) mass is 223 g/mol. The highest BCUT2D eigenvalue weighted by molar-refractivity contribution is 5.43. The van der Waals surface area contributed by atoms with Gasteiger partial charge < -0.3 is 9.47 Å². The number of rotatable bonds is 5. The minimum atomic E-state index is 0.336. The van der Waals surface area contributed by atoms with Crippen molar-refractivity contribution in [2.75, 3.05) is 7.11 Å². The average Bonchev–Trinajstić information content (AvgIpc) is 2.24. The minimum absolute atomic E-state index is 0.336. The molecule has 2 N–H and O–H groups in total. The molecule has 0 bridgehead atoms. The van der Waals surface area contributed by atoms with E-state index in [-0.39, 0.29) is 0 Å². The van der Waals surface area contributed by atoms with Crippen LogP contribution >= 0.6 is 0 Å². The van der Waals surface area contributed by atoms with Crippen molar-refractivity contribution in [2.45, 2.75) is 32.0 Å². The molecule has 1 aromatic rings. The van der Waals surface area contributed by atoms with Gasteiger partial charge in [-0.05, 0) is 37.0 Å². The molecule has 4 heteroatoms. The second-order valence-electron chi connectivity index (χ2n) is 3.97. The normalized spacial score (nSPS) is 15.6. The summed E-state index contributed by atoms with van der Waals surface area (Å²) in [5, 5.41) is 0. The first-order valence-electron chi connectivity index (χ1n) is 5.48. The lowest BCUT2D eigenvalue weighted by atomic mass is 9.96. The first-order valence-corrected chi connectivity index (χ1v) is 5.48. The van der Waals surface area contributed by atoms with E-state index >= 15 is 0 Å². The SMILES string of the molecule is COc1ccc(CON)cc1OC1CCC1. The molecule has 1 fully saturated rings. The summed E-state index contributed by atoms with van der Waals surface area (Å²) in [5.74, 6) is 6.58. The molecule has 1 saturated carbocycles. The summed E-state index contributed by atoms with van der Waals surface area (Å²) in [6, 6.07) is 5.71. The van der Waals surface area contributed by atoms with Crippen LogP contribution in [-0.2, 0) is 11.4 Å². The molecule has 4 nitrogen and oxygen atoms in total. The van der Waals surface area contributed by atoms with Gasteiger partial charge in [0.25, 0.3) is 0 Å². The van der Waals surface area contributed by atoms with Crippen molar-refractivity contribution in [1.29, 1.82) is 0 Å². The lowest BCUT2D eigenvalue weighted by Gasteiger charge is -2.27. The number of methoxy groups -OCH3 is 1. The molecule has 0 aromatic heterocycles. The predicted molar refractivity (Wildman–Crippen MR) is 60.2 cm³/mol. The van der Waals surface area contributed by atoms with E-state index in [1.54, 1.807) is 7.11 Å². The average molecular weight is 223 g/mol. The first kappa shape index (κ1) is 11.2. The molecule has 0 heterocycles. The smallest absolute Gasteiger partial charge is 0.161 e. The van der Waals surface area contributed by atoms with Crippen LogP contribution in [0.1, 0.15) is 24.8 Å². The van der Waals surface area contributed by atoms with Crippen LogP contribution in [0, 0.1) is 0 Å². The van der Waals surface area contributed by atoms with Gasteiger partial charge in [0.15, 0.2) is 11.5 Å². The van der Waals surface area contributed by atoms with Crippen molar-refractivity contribution in [3.63, 3.8) is 0 Å². The highest BCUT2D eigenvalue weighted by Gasteiger charge is 2.20. The van der Waals surface area contributed by atoms with Gasteiger partial charge in [0, 0.05) is 0 Å². The van der Waals surface area contributed by atoms with Gasteiger partial charge in [0.05, 0.1) is 19.8 Å². The fraction of sp³-hybridized carbons (Fsp3) is 0.500. The van der Waals surface area contributed by atoms with Crippen LogP contribution < -0.4 is 15.4 Å². The molecule has 0 aliphatic heterocycles. The van der Waals surface area contributed by atoms with Crippen molar-refractivity contribution in [3.8, 4) is 11.5 Å². The molecular formula is C12H17NO3. The maximum Gasteiger partial charge on any atom is 0.161 e. The van der Waals surface area contributed by atoms with Crippen molar-refractivity contribution in [1.82, 2.24) is 0 Å². The quantitative estimate of drug-likeness (QED) is 0.776. The lowest BCUT2D eigenvalue weighted by Crippen LogP contribution is -2.24. The van der Waals surface area contributed by atoms with Gasteiger partial charge in [0.2, 0.25) is 0 Å². The van der Waals surface area contributed by atoms with E-state index in [1.807, 2.05) is 18.2 Å². The van der Waals surface area contributed by atoms with E-state index in [0.717, 1.165) is 29.9 Å². The van der Waals surface area contributed by atoms with Gasteiger partial charge in [-0.2, -0.15) is 0 Å². The largest absolute Gasteiger partial charge is 0.493 e. The second kappa shape index (κ2) is 5.18. The van der Waals surface area contributed by atoms with Gasteiger partial charge in [-0.15, -0.1) is 0 Å². The first-order chi connectivity index (χ1) is 7.83. The van der Waals surface area contributed by atoms with Crippen molar-refractivity contribution in [2.24, 2.45) is 5.90 Å². The van der Waals surface area contributed by atoms with Gasteiger partial charge in [-0.25, -0.2) is 5.90 Å². The standard InChI is InChI=1S/C12H17NO3/c1-14-11-6-5-9(8-15-13)7-12(11)16-10-3-2-4-10/h5-7,10H,2-4,8,13H2,1H3. The molecule has 0 saturated heterocycles. The summed E-state index contributed by atoms with van der Waals surface area (Å²) in [4.78, 5) is 4.61. The van der Waals surface area contributed by atoms with Crippen LogP contribution in [0.4, 0.5) is 0 Å². The lowest BCUT2D eigenvalue weighted by molar-refractivity contribution is 0.112. The number of ether oxygens (including phenoxy) is 2. The van der Waals surface area contributed by atoms with Crippen LogP contribution in [0.3, 0.4) is 0 Å². The van der Waals surface area contributed by atoms with Crippen LogP contribution in [0.5, 0.6) is 11.5 Å². The van der Waals surface area contributed by atoms with Crippen molar-refractivity contribution < 1.29 is 14.3 Å². The third-order valence-corrected chi connectivity index (χ3v) is 2.82. The molecule has 1 aliphatic rings. The highest BCUT2D eigenvalue weighted by Crippen LogP contribution is 2.33. The molecule has 88 valence electrons. The molecule has 16 heavy (non-hydrogen) atoms. The third-order valence-electron chi connectivity index (χ3n) is 2.82. The number of hydrogen-bond acceptors (Lipinski definition) is 4. The molecule has 1 aromatic carbocycles. The number of nitrogens with two attached hydrogens (primary N) is 1. The maximum absolute atomic E-state index is 5.84. The van der Waals surface area contributed by atoms with Crippen LogP contribution in [0.15, 0.2) is 18.2 Å². The van der Waals surface area contributed by atoms with Gasteiger partial charge in [-0.3, -0.25) is 4.84 Å². The van der Waals surface area contributed by atoms with Crippen LogP contribution in [0.2, 0.25) is 0 Å². The Hall–Kier alpha value is -1.26. The van der Waals surface area contributed by atoms with E-state index < -0.39 is 0 Å². The summed E-state index contributed by atoms with van der Waals surface area (Å²) in [6.07, 6.45) is 3.84. The molecule has 0 atom stereocenters. The van der Waals surface area contributed by atoms with Gasteiger partial charge in [-0.1, -0.05) is 6.07 Å². The Morgan fingerprint density at radius 3 is 2.69 bits per heavy atom. The topological polar surface area (TPSA) is 53.7 Å². The maximum atomic E-state index is 5.84. The van der Waals surface area contributed by atoms with E-state index in [1.165, 1.54) is 6.42 Å². The Kier molecular flexibility index (Phi) is 3.64. The number of benzene rings is 1. The Balaban J connectivity index is 2.13. The van der Waals surface area contributed by atoms with E-state index in [0.29, 0.717) is 12.7 Å². The summed E-state index contributed by atoms with van der Waals surface area (Å²) in [7, 11) is 1.64. The fourth-order valence-corrected chi connectivity index (χ4v) is 1.67. The zero-order chi connectivity index (χ0) is 11.4. The van der Waals surface area contributed by atoms with E-state index in [4.69, 9.17) is 15.4 Å². The van der Waals surface area contributed by atoms with Crippen LogP contribution in [-0.4, -0.2) is 13.2 Å². The van der Waals surface area contributed by atoms with Crippen molar-refractivity contribution in [3.05, 3.63) is 23.8 Å². The Bertz CT molecular complexity index is 350. The predicted octanol–water partition coefficient (Wildman–Crippen LogP) is 2.02. The Labute approximate surface area is 95.2 Å². The molecule has 0 unspecified atom stereocenters. The van der Waals surface area contributed by atoms with Gasteiger partial charge >= 0.3 is 0 Å². The van der Waals surface area contributed by atoms with Crippen molar-refractivity contribution >= 4 is 0 Å².